The number of benzene rings is 1. The Kier molecular flexibility index (Phi) is 4.21. The van der Waals surface area contributed by atoms with Crippen molar-refractivity contribution < 1.29 is 4.79 Å². The molecule has 1 aliphatic rings. The Hall–Kier alpha value is -0.830. The van der Waals surface area contributed by atoms with Crippen LogP contribution >= 0.6 is 15.9 Å². The molecule has 0 spiro atoms. The summed E-state index contributed by atoms with van der Waals surface area (Å²) in [5.41, 5.74) is 2.00. The van der Waals surface area contributed by atoms with E-state index in [2.05, 4.69) is 15.9 Å². The van der Waals surface area contributed by atoms with Gasteiger partial charge in [-0.25, -0.2) is 0 Å². The summed E-state index contributed by atoms with van der Waals surface area (Å²) in [5.74, 6) is 0.918. The van der Waals surface area contributed by atoms with E-state index in [0.717, 1.165) is 29.9 Å². The highest BCUT2D eigenvalue weighted by Crippen LogP contribution is 2.30. The number of halogens is 1. The van der Waals surface area contributed by atoms with E-state index >= 15 is 0 Å². The van der Waals surface area contributed by atoms with Crippen molar-refractivity contribution in [2.75, 3.05) is 13.1 Å². The molecule has 0 heterocycles. The third-order valence-corrected chi connectivity index (χ3v) is 3.85. The Balaban J connectivity index is 2.04. The fourth-order valence-electron chi connectivity index (χ4n) is 1.89. The molecule has 1 aromatic carbocycles. The molecule has 1 amide bonds. The fourth-order valence-corrected chi connectivity index (χ4v) is 2.26. The normalized spacial score (nSPS) is 14.7. The zero-order chi connectivity index (χ0) is 12.3. The van der Waals surface area contributed by atoms with Crippen molar-refractivity contribution in [3.8, 4) is 0 Å². The van der Waals surface area contributed by atoms with Gasteiger partial charge in [0.25, 0.3) is 5.91 Å². The molecule has 3 heteroatoms. The summed E-state index contributed by atoms with van der Waals surface area (Å²) in [6.45, 7) is 3.78. The van der Waals surface area contributed by atoms with E-state index in [0.29, 0.717) is 0 Å². The molecule has 0 radical (unpaired) electrons. The van der Waals surface area contributed by atoms with Gasteiger partial charge in [-0.3, -0.25) is 4.79 Å². The number of rotatable bonds is 5. The van der Waals surface area contributed by atoms with Gasteiger partial charge in [0.05, 0.1) is 0 Å². The molecular formula is C14H18BrNO. The minimum Gasteiger partial charge on any atom is -0.339 e. The van der Waals surface area contributed by atoms with Gasteiger partial charge in [-0.15, -0.1) is 0 Å². The summed E-state index contributed by atoms with van der Waals surface area (Å²) in [6, 6.07) is 7.86. The highest BCUT2D eigenvalue weighted by Gasteiger charge is 2.26. The van der Waals surface area contributed by atoms with Crippen LogP contribution in [0.25, 0.3) is 0 Å². The number of amides is 1. The third-order valence-electron chi connectivity index (χ3n) is 3.20. The maximum Gasteiger partial charge on any atom is 0.253 e. The zero-order valence-corrected chi connectivity index (χ0v) is 11.7. The van der Waals surface area contributed by atoms with E-state index < -0.39 is 0 Å². The van der Waals surface area contributed by atoms with Crippen LogP contribution in [-0.4, -0.2) is 23.9 Å². The van der Waals surface area contributed by atoms with E-state index in [-0.39, 0.29) is 5.91 Å². The molecular weight excluding hydrogens is 278 g/mol. The largest absolute Gasteiger partial charge is 0.339 e. The van der Waals surface area contributed by atoms with Crippen molar-refractivity contribution >= 4 is 21.8 Å². The van der Waals surface area contributed by atoms with Crippen LogP contribution in [-0.2, 0) is 5.33 Å². The highest BCUT2D eigenvalue weighted by atomic mass is 79.9. The number of hydrogen-bond acceptors (Lipinski definition) is 1. The minimum absolute atomic E-state index is 0.167. The second kappa shape index (κ2) is 5.67. The first-order valence-electron chi connectivity index (χ1n) is 6.18. The second-order valence-electron chi connectivity index (χ2n) is 4.62. The number of carbonyl (C=O) groups excluding carboxylic acids is 1. The van der Waals surface area contributed by atoms with Crippen LogP contribution in [0.5, 0.6) is 0 Å². The molecule has 0 bridgehead atoms. The van der Waals surface area contributed by atoms with Gasteiger partial charge in [0.1, 0.15) is 0 Å². The standard InChI is InChI=1S/C14H18BrNO/c1-2-16(10-12-3-4-12)14(17)13-7-5-11(9-15)6-8-13/h5-8,12H,2-4,9-10H2,1H3. The van der Waals surface area contributed by atoms with Crippen molar-refractivity contribution in [2.24, 2.45) is 5.92 Å². The van der Waals surface area contributed by atoms with Gasteiger partial charge >= 0.3 is 0 Å². The monoisotopic (exact) mass is 295 g/mol. The molecule has 0 aliphatic heterocycles. The topological polar surface area (TPSA) is 20.3 Å². The van der Waals surface area contributed by atoms with Gasteiger partial charge in [0.2, 0.25) is 0 Å². The van der Waals surface area contributed by atoms with Gasteiger partial charge < -0.3 is 4.90 Å². The number of alkyl halides is 1. The van der Waals surface area contributed by atoms with Crippen LogP contribution in [0.15, 0.2) is 24.3 Å². The SMILES string of the molecule is CCN(CC1CC1)C(=O)c1ccc(CBr)cc1. The van der Waals surface area contributed by atoms with E-state index in [9.17, 15) is 4.79 Å². The van der Waals surface area contributed by atoms with E-state index in [1.54, 1.807) is 0 Å². The zero-order valence-electron chi connectivity index (χ0n) is 10.2. The smallest absolute Gasteiger partial charge is 0.253 e. The molecule has 0 saturated heterocycles. The first-order chi connectivity index (χ1) is 8.24. The number of hydrogen-bond donors (Lipinski definition) is 0. The molecule has 1 fully saturated rings. The Bertz CT molecular complexity index is 384. The van der Waals surface area contributed by atoms with Gasteiger partial charge in [-0.2, -0.15) is 0 Å². The van der Waals surface area contributed by atoms with Crippen LogP contribution in [0.3, 0.4) is 0 Å². The minimum atomic E-state index is 0.167. The van der Waals surface area contributed by atoms with Gasteiger partial charge in [-0.1, -0.05) is 28.1 Å². The molecule has 1 aromatic rings. The van der Waals surface area contributed by atoms with E-state index in [1.807, 2.05) is 36.1 Å². The lowest BCUT2D eigenvalue weighted by molar-refractivity contribution is 0.0757. The average molecular weight is 296 g/mol. The Morgan fingerprint density at radius 2 is 2.00 bits per heavy atom. The summed E-state index contributed by atoms with van der Waals surface area (Å²) in [5, 5.41) is 0.834. The average Bonchev–Trinajstić information content (AvgIpc) is 3.19. The van der Waals surface area contributed by atoms with Crippen LogP contribution in [0.4, 0.5) is 0 Å². The summed E-state index contributed by atoms with van der Waals surface area (Å²) in [7, 11) is 0. The predicted octanol–water partition coefficient (Wildman–Crippen LogP) is 3.45. The van der Waals surface area contributed by atoms with Crippen LogP contribution in [0.1, 0.15) is 35.7 Å². The number of carbonyl (C=O) groups is 1. The summed E-state index contributed by atoms with van der Waals surface area (Å²) in [4.78, 5) is 14.2. The second-order valence-corrected chi connectivity index (χ2v) is 5.18. The van der Waals surface area contributed by atoms with Gasteiger partial charge in [0.15, 0.2) is 0 Å². The van der Waals surface area contributed by atoms with Crippen LogP contribution in [0.2, 0.25) is 0 Å². The first-order valence-corrected chi connectivity index (χ1v) is 7.31. The molecule has 0 atom stereocenters. The molecule has 2 rings (SSSR count). The molecule has 2 nitrogen and oxygen atoms in total. The van der Waals surface area contributed by atoms with Crippen molar-refractivity contribution in [3.63, 3.8) is 0 Å². The Morgan fingerprint density at radius 1 is 1.35 bits per heavy atom. The number of nitrogens with zero attached hydrogens (tertiary/aromatic N) is 1. The summed E-state index contributed by atoms with van der Waals surface area (Å²) in [6.07, 6.45) is 2.57. The Labute approximate surface area is 111 Å². The molecule has 0 aromatic heterocycles. The predicted molar refractivity (Wildman–Crippen MR) is 73.4 cm³/mol. The van der Waals surface area contributed by atoms with Crippen LogP contribution in [0, 0.1) is 5.92 Å². The van der Waals surface area contributed by atoms with Crippen molar-refractivity contribution in [1.82, 2.24) is 4.90 Å². The molecule has 1 aliphatic carbocycles. The van der Waals surface area contributed by atoms with Crippen LogP contribution < -0.4 is 0 Å². The molecule has 17 heavy (non-hydrogen) atoms. The fraction of sp³-hybridized carbons (Fsp3) is 0.500. The Morgan fingerprint density at radius 3 is 2.47 bits per heavy atom. The first kappa shape index (κ1) is 12.6. The van der Waals surface area contributed by atoms with E-state index in [4.69, 9.17) is 0 Å². The van der Waals surface area contributed by atoms with Gasteiger partial charge in [0, 0.05) is 24.0 Å². The lowest BCUT2D eigenvalue weighted by atomic mass is 10.1. The lowest BCUT2D eigenvalue weighted by Gasteiger charge is -2.20. The molecule has 1 saturated carbocycles. The third kappa shape index (κ3) is 3.32. The summed E-state index contributed by atoms with van der Waals surface area (Å²) < 4.78 is 0. The van der Waals surface area contributed by atoms with E-state index in [1.165, 1.54) is 18.4 Å². The highest BCUT2D eigenvalue weighted by molar-refractivity contribution is 9.08. The van der Waals surface area contributed by atoms with Crippen molar-refractivity contribution in [2.45, 2.75) is 25.1 Å². The maximum atomic E-state index is 12.3. The van der Waals surface area contributed by atoms with Gasteiger partial charge in [-0.05, 0) is 43.4 Å². The summed E-state index contributed by atoms with van der Waals surface area (Å²) >= 11 is 3.41. The quantitative estimate of drug-likeness (QED) is 0.762. The van der Waals surface area contributed by atoms with Crippen molar-refractivity contribution in [3.05, 3.63) is 35.4 Å². The molecule has 0 unspecified atom stereocenters. The lowest BCUT2D eigenvalue weighted by Crippen LogP contribution is -2.32. The maximum absolute atomic E-state index is 12.3. The molecule has 0 N–H and O–H groups in total. The molecule has 92 valence electrons. The van der Waals surface area contributed by atoms with Crippen molar-refractivity contribution in [1.29, 1.82) is 0 Å².